The van der Waals surface area contributed by atoms with Gasteiger partial charge in [-0.1, -0.05) is 11.6 Å². The van der Waals surface area contributed by atoms with E-state index in [9.17, 15) is 14.9 Å². The molecular weight excluding hydrogens is 402 g/mol. The maximum atomic E-state index is 12.1. The SMILES string of the molecule is COC(=O)c1cc(Cl)cc(Br)c1-n1cc(C#N)c(N)c1C(=O)OC. The number of esters is 2. The molecule has 0 aliphatic rings. The molecule has 0 amide bonds. The topological polar surface area (TPSA) is 107 Å². The Morgan fingerprint density at radius 2 is 1.92 bits per heavy atom. The highest BCUT2D eigenvalue weighted by atomic mass is 79.9. The summed E-state index contributed by atoms with van der Waals surface area (Å²) in [5, 5.41) is 9.46. The zero-order chi connectivity index (χ0) is 18.0. The highest BCUT2D eigenvalue weighted by Crippen LogP contribution is 2.34. The van der Waals surface area contributed by atoms with Gasteiger partial charge in [0.05, 0.1) is 36.7 Å². The quantitative estimate of drug-likeness (QED) is 0.777. The minimum absolute atomic E-state index is 0.0537. The molecule has 0 spiro atoms. The van der Waals surface area contributed by atoms with Crippen molar-refractivity contribution in [3.63, 3.8) is 0 Å². The van der Waals surface area contributed by atoms with Gasteiger partial charge in [0, 0.05) is 15.7 Å². The molecule has 0 atom stereocenters. The molecule has 24 heavy (non-hydrogen) atoms. The molecule has 1 aromatic carbocycles. The van der Waals surface area contributed by atoms with Crippen LogP contribution in [0.3, 0.4) is 0 Å². The smallest absolute Gasteiger partial charge is 0.357 e. The summed E-state index contributed by atoms with van der Waals surface area (Å²) in [7, 11) is 2.40. The standard InChI is InChI=1S/C15H11BrClN3O4/c1-23-14(21)9-3-8(17)4-10(16)12(9)20-6-7(5-18)11(19)13(20)15(22)24-2/h3-4,6H,19H2,1-2H3. The molecule has 0 saturated carbocycles. The fraction of sp³-hybridized carbons (Fsp3) is 0.133. The van der Waals surface area contributed by atoms with Crippen molar-refractivity contribution < 1.29 is 19.1 Å². The summed E-state index contributed by atoms with van der Waals surface area (Å²) in [6.07, 6.45) is 1.34. The van der Waals surface area contributed by atoms with Crippen molar-refractivity contribution in [2.75, 3.05) is 20.0 Å². The van der Waals surface area contributed by atoms with Crippen LogP contribution < -0.4 is 5.73 Å². The lowest BCUT2D eigenvalue weighted by atomic mass is 10.1. The van der Waals surface area contributed by atoms with Crippen molar-refractivity contribution in [2.45, 2.75) is 0 Å². The second-order valence-electron chi connectivity index (χ2n) is 4.55. The Morgan fingerprint density at radius 3 is 2.46 bits per heavy atom. The molecule has 1 heterocycles. The van der Waals surface area contributed by atoms with Crippen LogP contribution in [0, 0.1) is 11.3 Å². The number of carbonyl (C=O) groups is 2. The van der Waals surface area contributed by atoms with Crippen LogP contribution in [0.1, 0.15) is 26.4 Å². The Hall–Kier alpha value is -2.50. The monoisotopic (exact) mass is 411 g/mol. The van der Waals surface area contributed by atoms with Gasteiger partial charge in [-0.3, -0.25) is 0 Å². The van der Waals surface area contributed by atoms with Crippen molar-refractivity contribution >= 4 is 45.2 Å². The summed E-state index contributed by atoms with van der Waals surface area (Å²) >= 11 is 9.29. The number of nitrogens with zero attached hydrogens (tertiary/aromatic N) is 2. The van der Waals surface area contributed by atoms with E-state index in [1.54, 1.807) is 0 Å². The lowest BCUT2D eigenvalue weighted by Crippen LogP contribution is -2.15. The lowest BCUT2D eigenvalue weighted by molar-refractivity contribution is 0.0582. The minimum Gasteiger partial charge on any atom is -0.465 e. The second-order valence-corrected chi connectivity index (χ2v) is 5.84. The van der Waals surface area contributed by atoms with Gasteiger partial charge in [-0.25, -0.2) is 9.59 Å². The molecule has 7 nitrogen and oxygen atoms in total. The number of ether oxygens (including phenoxy) is 2. The molecule has 0 aliphatic carbocycles. The number of nitriles is 1. The molecule has 2 rings (SSSR count). The van der Waals surface area contributed by atoms with Gasteiger partial charge < -0.3 is 19.8 Å². The number of carbonyl (C=O) groups excluding carboxylic acids is 2. The van der Waals surface area contributed by atoms with E-state index in [4.69, 9.17) is 26.8 Å². The minimum atomic E-state index is -0.758. The third-order valence-corrected chi connectivity index (χ3v) is 4.04. The fourth-order valence-electron chi connectivity index (χ4n) is 2.17. The fourth-order valence-corrected chi connectivity index (χ4v) is 3.17. The summed E-state index contributed by atoms with van der Waals surface area (Å²) in [5.74, 6) is -1.43. The molecule has 9 heteroatoms. The summed E-state index contributed by atoms with van der Waals surface area (Å²) in [5.41, 5.74) is 6.13. The van der Waals surface area contributed by atoms with E-state index in [0.717, 1.165) is 0 Å². The first-order chi connectivity index (χ1) is 11.3. The molecule has 0 fully saturated rings. The molecule has 0 radical (unpaired) electrons. The van der Waals surface area contributed by atoms with Gasteiger partial charge in [0.25, 0.3) is 0 Å². The van der Waals surface area contributed by atoms with Gasteiger partial charge in [0.15, 0.2) is 5.69 Å². The van der Waals surface area contributed by atoms with Crippen LogP contribution >= 0.6 is 27.5 Å². The van der Waals surface area contributed by atoms with E-state index in [1.807, 2.05) is 6.07 Å². The zero-order valence-corrected chi connectivity index (χ0v) is 14.9. The number of nitrogen functional groups attached to an aromatic ring is 1. The molecule has 0 unspecified atom stereocenters. The summed E-state index contributed by atoms with van der Waals surface area (Å²) in [6.45, 7) is 0. The summed E-state index contributed by atoms with van der Waals surface area (Å²) in [4.78, 5) is 24.2. The number of halogens is 2. The van der Waals surface area contributed by atoms with Gasteiger partial charge in [-0.05, 0) is 28.1 Å². The Balaban J connectivity index is 2.90. The van der Waals surface area contributed by atoms with Crippen LogP contribution in [0.15, 0.2) is 22.8 Å². The van der Waals surface area contributed by atoms with E-state index in [2.05, 4.69) is 15.9 Å². The Bertz CT molecular complexity index is 886. The third kappa shape index (κ3) is 2.96. The lowest BCUT2D eigenvalue weighted by Gasteiger charge is -2.14. The summed E-state index contributed by atoms with van der Waals surface area (Å²) < 4.78 is 11.2. The van der Waals surface area contributed by atoms with Crippen LogP contribution in [0.2, 0.25) is 5.02 Å². The van der Waals surface area contributed by atoms with Gasteiger partial charge >= 0.3 is 11.9 Å². The van der Waals surface area contributed by atoms with E-state index < -0.39 is 11.9 Å². The van der Waals surface area contributed by atoms with Gasteiger partial charge in [-0.2, -0.15) is 5.26 Å². The number of methoxy groups -OCH3 is 2. The Morgan fingerprint density at radius 1 is 1.29 bits per heavy atom. The zero-order valence-electron chi connectivity index (χ0n) is 12.6. The largest absolute Gasteiger partial charge is 0.465 e. The summed E-state index contributed by atoms with van der Waals surface area (Å²) in [6, 6.07) is 4.81. The first-order valence-corrected chi connectivity index (χ1v) is 7.59. The van der Waals surface area contributed by atoms with Crippen LogP contribution in [0.5, 0.6) is 0 Å². The number of anilines is 1. The van der Waals surface area contributed by atoms with Gasteiger partial charge in [0.2, 0.25) is 0 Å². The van der Waals surface area contributed by atoms with Crippen molar-refractivity contribution in [1.29, 1.82) is 5.26 Å². The average molecular weight is 413 g/mol. The molecule has 2 N–H and O–H groups in total. The number of hydrogen-bond acceptors (Lipinski definition) is 6. The molecule has 0 aliphatic heterocycles. The highest BCUT2D eigenvalue weighted by molar-refractivity contribution is 9.10. The van der Waals surface area contributed by atoms with E-state index >= 15 is 0 Å². The predicted octanol–water partition coefficient (Wildman–Crippen LogP) is 2.92. The highest BCUT2D eigenvalue weighted by Gasteiger charge is 2.26. The average Bonchev–Trinajstić information content (AvgIpc) is 2.88. The third-order valence-electron chi connectivity index (χ3n) is 3.22. The maximum absolute atomic E-state index is 12.1. The maximum Gasteiger partial charge on any atom is 0.357 e. The van der Waals surface area contributed by atoms with Crippen LogP contribution in [-0.4, -0.2) is 30.7 Å². The molecular formula is C15H11BrClN3O4. The number of nitrogens with two attached hydrogens (primary N) is 1. The van der Waals surface area contributed by atoms with Crippen molar-refractivity contribution in [2.24, 2.45) is 0 Å². The van der Waals surface area contributed by atoms with E-state index in [1.165, 1.54) is 37.1 Å². The van der Waals surface area contributed by atoms with Gasteiger partial charge in [0.1, 0.15) is 6.07 Å². The number of hydrogen-bond donors (Lipinski definition) is 1. The molecule has 0 saturated heterocycles. The number of benzene rings is 1. The van der Waals surface area contributed by atoms with Crippen molar-refractivity contribution in [1.82, 2.24) is 4.57 Å². The number of aromatic nitrogens is 1. The van der Waals surface area contributed by atoms with E-state index in [0.29, 0.717) is 4.47 Å². The van der Waals surface area contributed by atoms with Gasteiger partial charge in [-0.15, -0.1) is 0 Å². The molecule has 124 valence electrons. The Kier molecular flexibility index (Phi) is 5.17. The first-order valence-electron chi connectivity index (χ1n) is 6.42. The van der Waals surface area contributed by atoms with Crippen LogP contribution in [0.4, 0.5) is 5.69 Å². The van der Waals surface area contributed by atoms with Crippen LogP contribution in [0.25, 0.3) is 5.69 Å². The van der Waals surface area contributed by atoms with E-state index in [-0.39, 0.29) is 33.2 Å². The predicted molar refractivity (Wildman–Crippen MR) is 90.3 cm³/mol. The second kappa shape index (κ2) is 6.95. The molecule has 1 aromatic heterocycles. The van der Waals surface area contributed by atoms with Crippen LogP contribution in [-0.2, 0) is 9.47 Å². The molecule has 2 aromatic rings. The Labute approximate surface area is 150 Å². The number of rotatable bonds is 3. The first kappa shape index (κ1) is 17.8. The normalized spacial score (nSPS) is 10.1. The van der Waals surface area contributed by atoms with Crippen molar-refractivity contribution in [3.8, 4) is 11.8 Å². The van der Waals surface area contributed by atoms with Crippen molar-refractivity contribution in [3.05, 3.63) is 44.6 Å². The molecule has 0 bridgehead atoms.